The fourth-order valence-corrected chi connectivity index (χ4v) is 3.20. The predicted molar refractivity (Wildman–Crippen MR) is 108 cm³/mol. The summed E-state index contributed by atoms with van der Waals surface area (Å²) < 4.78 is 10.6. The molecule has 2 aromatic carbocycles. The Morgan fingerprint density at radius 2 is 1.82 bits per heavy atom. The van der Waals surface area contributed by atoms with Gasteiger partial charge in [-0.25, -0.2) is 9.78 Å². The summed E-state index contributed by atoms with van der Waals surface area (Å²) in [4.78, 5) is 28.2. The van der Waals surface area contributed by atoms with Gasteiger partial charge in [0, 0.05) is 11.1 Å². The van der Waals surface area contributed by atoms with Crippen LogP contribution in [-0.2, 0) is 22.6 Å². The third kappa shape index (κ3) is 5.65. The first-order chi connectivity index (χ1) is 13.6. The molecule has 0 bridgehead atoms. The van der Waals surface area contributed by atoms with Gasteiger partial charge >= 0.3 is 5.97 Å². The lowest BCUT2D eigenvalue weighted by Crippen LogP contribution is -2.14. The van der Waals surface area contributed by atoms with Crippen molar-refractivity contribution in [2.24, 2.45) is 0 Å². The predicted octanol–water partition coefficient (Wildman–Crippen LogP) is 4.08. The molecule has 1 heterocycles. The average molecular weight is 396 g/mol. The minimum atomic E-state index is -0.355. The topological polar surface area (TPSA) is 77.5 Å². The highest BCUT2D eigenvalue weighted by Crippen LogP contribution is 2.17. The molecular weight excluding hydrogens is 376 g/mol. The zero-order valence-corrected chi connectivity index (χ0v) is 16.2. The van der Waals surface area contributed by atoms with E-state index >= 15 is 0 Å². The van der Waals surface area contributed by atoms with Crippen LogP contribution in [0.4, 0.5) is 5.69 Å². The van der Waals surface area contributed by atoms with Gasteiger partial charge in [0.2, 0.25) is 5.91 Å². The van der Waals surface area contributed by atoms with Crippen LogP contribution in [0.1, 0.15) is 28.0 Å². The molecule has 0 saturated carbocycles. The molecule has 3 aromatic rings. The Kier molecular flexibility index (Phi) is 6.75. The summed E-state index contributed by atoms with van der Waals surface area (Å²) in [5.41, 5.74) is 2.00. The number of carbonyl (C=O) groups excluding carboxylic acids is 2. The summed E-state index contributed by atoms with van der Waals surface area (Å²) in [7, 11) is 0. The van der Waals surface area contributed by atoms with Gasteiger partial charge in [0.05, 0.1) is 24.3 Å². The number of thiazole rings is 1. The number of carbonyl (C=O) groups is 2. The summed E-state index contributed by atoms with van der Waals surface area (Å²) in [5, 5.41) is 5.44. The Labute approximate surface area is 167 Å². The number of anilines is 1. The molecule has 0 saturated heterocycles. The standard InChI is InChI=1S/C21H20N2O4S/c1-2-26-21(25)15-8-10-18(11-9-15)27-13-17-14-28-20(23-17)12-19(24)22-16-6-4-3-5-7-16/h3-11,14H,2,12-13H2,1H3,(H,22,24). The third-order valence-electron chi connectivity index (χ3n) is 3.72. The van der Waals surface area contributed by atoms with Crippen LogP contribution in [-0.4, -0.2) is 23.5 Å². The maximum atomic E-state index is 12.1. The van der Waals surface area contributed by atoms with E-state index < -0.39 is 0 Å². The van der Waals surface area contributed by atoms with Crippen molar-refractivity contribution >= 4 is 28.9 Å². The fraction of sp³-hybridized carbons (Fsp3) is 0.190. The minimum absolute atomic E-state index is 0.109. The number of rotatable bonds is 8. The van der Waals surface area contributed by atoms with Crippen LogP contribution in [0.3, 0.4) is 0 Å². The molecule has 1 aromatic heterocycles. The Hall–Kier alpha value is -3.19. The van der Waals surface area contributed by atoms with Gasteiger partial charge in [-0.1, -0.05) is 18.2 Å². The highest BCUT2D eigenvalue weighted by atomic mass is 32.1. The first-order valence-electron chi connectivity index (χ1n) is 8.82. The summed E-state index contributed by atoms with van der Waals surface area (Å²) in [5.74, 6) is 0.166. The van der Waals surface area contributed by atoms with E-state index in [0.29, 0.717) is 17.9 Å². The molecule has 1 amide bonds. The van der Waals surface area contributed by atoms with Crippen molar-refractivity contribution in [2.75, 3.05) is 11.9 Å². The van der Waals surface area contributed by atoms with Crippen LogP contribution in [0.25, 0.3) is 0 Å². The molecule has 0 fully saturated rings. The number of nitrogens with one attached hydrogen (secondary N) is 1. The highest BCUT2D eigenvalue weighted by Gasteiger charge is 2.10. The molecule has 0 aliphatic heterocycles. The summed E-state index contributed by atoms with van der Waals surface area (Å²) in [6.07, 6.45) is 0.216. The summed E-state index contributed by atoms with van der Waals surface area (Å²) in [6.45, 7) is 2.39. The van der Waals surface area contributed by atoms with Crippen LogP contribution in [0.2, 0.25) is 0 Å². The van der Waals surface area contributed by atoms with Gasteiger partial charge in [0.1, 0.15) is 17.4 Å². The number of amides is 1. The van der Waals surface area contributed by atoms with Crippen molar-refractivity contribution in [3.05, 3.63) is 76.2 Å². The van der Waals surface area contributed by atoms with Crippen LogP contribution in [0.15, 0.2) is 60.0 Å². The highest BCUT2D eigenvalue weighted by molar-refractivity contribution is 7.09. The van der Waals surface area contributed by atoms with Crippen molar-refractivity contribution in [3.63, 3.8) is 0 Å². The van der Waals surface area contributed by atoms with E-state index in [0.717, 1.165) is 16.4 Å². The minimum Gasteiger partial charge on any atom is -0.487 e. The van der Waals surface area contributed by atoms with E-state index in [1.807, 2.05) is 35.7 Å². The van der Waals surface area contributed by atoms with Crippen LogP contribution < -0.4 is 10.1 Å². The maximum absolute atomic E-state index is 12.1. The molecule has 0 aliphatic carbocycles. The smallest absolute Gasteiger partial charge is 0.338 e. The number of aromatic nitrogens is 1. The number of benzene rings is 2. The van der Waals surface area contributed by atoms with Gasteiger partial charge in [-0.3, -0.25) is 4.79 Å². The van der Waals surface area contributed by atoms with Crippen LogP contribution in [0.5, 0.6) is 5.75 Å². The molecule has 3 rings (SSSR count). The zero-order chi connectivity index (χ0) is 19.8. The number of nitrogens with zero attached hydrogens (tertiary/aromatic N) is 1. The molecule has 0 unspecified atom stereocenters. The van der Waals surface area contributed by atoms with Gasteiger partial charge < -0.3 is 14.8 Å². The zero-order valence-electron chi connectivity index (χ0n) is 15.4. The van der Waals surface area contributed by atoms with E-state index in [9.17, 15) is 9.59 Å². The van der Waals surface area contributed by atoms with Crippen molar-refractivity contribution in [1.29, 1.82) is 0 Å². The van der Waals surface area contributed by atoms with Crippen molar-refractivity contribution in [1.82, 2.24) is 4.98 Å². The van der Waals surface area contributed by atoms with E-state index in [2.05, 4.69) is 10.3 Å². The summed E-state index contributed by atoms with van der Waals surface area (Å²) in [6, 6.07) is 16.1. The Morgan fingerprint density at radius 3 is 2.54 bits per heavy atom. The Morgan fingerprint density at radius 1 is 1.07 bits per heavy atom. The number of hydrogen-bond acceptors (Lipinski definition) is 6. The molecule has 0 spiro atoms. The molecule has 6 nitrogen and oxygen atoms in total. The van der Waals surface area contributed by atoms with E-state index in [4.69, 9.17) is 9.47 Å². The first-order valence-corrected chi connectivity index (χ1v) is 9.70. The van der Waals surface area contributed by atoms with Crippen molar-refractivity contribution < 1.29 is 19.1 Å². The van der Waals surface area contributed by atoms with E-state index in [1.54, 1.807) is 31.2 Å². The molecular formula is C21H20N2O4S. The Balaban J connectivity index is 1.49. The monoisotopic (exact) mass is 396 g/mol. The first kappa shape index (κ1) is 19.6. The van der Waals surface area contributed by atoms with Crippen LogP contribution in [0, 0.1) is 0 Å². The SMILES string of the molecule is CCOC(=O)c1ccc(OCc2csc(CC(=O)Nc3ccccc3)n2)cc1. The third-order valence-corrected chi connectivity index (χ3v) is 4.62. The number of esters is 1. The average Bonchev–Trinajstić information content (AvgIpc) is 3.15. The molecule has 144 valence electrons. The lowest BCUT2D eigenvalue weighted by Gasteiger charge is -2.06. The molecule has 7 heteroatoms. The second-order valence-corrected chi connectivity index (χ2v) is 6.80. The number of ether oxygens (including phenoxy) is 2. The fourth-order valence-electron chi connectivity index (χ4n) is 2.42. The van der Waals surface area contributed by atoms with Crippen LogP contribution >= 0.6 is 11.3 Å². The quantitative estimate of drug-likeness (QED) is 0.581. The molecule has 1 N–H and O–H groups in total. The second-order valence-electron chi connectivity index (χ2n) is 5.86. The molecule has 28 heavy (non-hydrogen) atoms. The summed E-state index contributed by atoms with van der Waals surface area (Å²) >= 11 is 1.42. The van der Waals surface area contributed by atoms with E-state index in [-0.39, 0.29) is 24.9 Å². The second kappa shape index (κ2) is 9.66. The Bertz CT molecular complexity index is 923. The normalized spacial score (nSPS) is 10.3. The largest absolute Gasteiger partial charge is 0.487 e. The number of hydrogen-bond donors (Lipinski definition) is 1. The van der Waals surface area contributed by atoms with Crippen molar-refractivity contribution in [2.45, 2.75) is 20.0 Å². The molecule has 0 aliphatic rings. The number of para-hydroxylation sites is 1. The van der Waals surface area contributed by atoms with Gasteiger partial charge in [-0.05, 0) is 43.3 Å². The lowest BCUT2D eigenvalue weighted by atomic mass is 10.2. The van der Waals surface area contributed by atoms with Gasteiger partial charge in [0.15, 0.2) is 0 Å². The molecule has 0 atom stereocenters. The van der Waals surface area contributed by atoms with Crippen molar-refractivity contribution in [3.8, 4) is 5.75 Å². The van der Waals surface area contributed by atoms with Gasteiger partial charge in [-0.2, -0.15) is 0 Å². The lowest BCUT2D eigenvalue weighted by molar-refractivity contribution is -0.115. The van der Waals surface area contributed by atoms with Gasteiger partial charge in [-0.15, -0.1) is 11.3 Å². The maximum Gasteiger partial charge on any atom is 0.338 e. The van der Waals surface area contributed by atoms with Gasteiger partial charge in [0.25, 0.3) is 0 Å². The molecule has 0 radical (unpaired) electrons. The van der Waals surface area contributed by atoms with E-state index in [1.165, 1.54) is 11.3 Å².